The number of hydrogen-bond donors (Lipinski definition) is 3. The van der Waals surface area contributed by atoms with Crippen molar-refractivity contribution in [1.29, 1.82) is 0 Å². The standard InChI is InChI=1S/C5H10O4.CH2O3/c1-2-8-3-4-9-5(6)7;2-1(3)4/h2-4H2,1H3,(H,6,7);(H2,2,3,4). The zero-order valence-corrected chi connectivity index (χ0v) is 7.10. The van der Waals surface area contributed by atoms with Gasteiger partial charge in [-0.25, -0.2) is 9.59 Å². The maximum Gasteiger partial charge on any atom is 0.505 e. The summed E-state index contributed by atoms with van der Waals surface area (Å²) in [7, 11) is 0. The number of carbonyl (C=O) groups is 2. The first-order chi connectivity index (χ1) is 6.00. The molecule has 0 aromatic rings. The van der Waals surface area contributed by atoms with Gasteiger partial charge in [0.2, 0.25) is 0 Å². The van der Waals surface area contributed by atoms with Crippen LogP contribution in [0.1, 0.15) is 6.92 Å². The lowest BCUT2D eigenvalue weighted by Gasteiger charge is -1.98. The van der Waals surface area contributed by atoms with Crippen LogP contribution < -0.4 is 0 Å². The molecule has 0 spiro atoms. The molecule has 0 radical (unpaired) electrons. The van der Waals surface area contributed by atoms with E-state index in [0.29, 0.717) is 13.2 Å². The summed E-state index contributed by atoms with van der Waals surface area (Å²) in [4.78, 5) is 18.2. The van der Waals surface area contributed by atoms with Gasteiger partial charge in [-0.2, -0.15) is 0 Å². The van der Waals surface area contributed by atoms with Crippen LogP contribution in [0, 0.1) is 0 Å². The number of hydrogen-bond acceptors (Lipinski definition) is 4. The summed E-state index contributed by atoms with van der Waals surface area (Å²) in [6.07, 6.45) is -3.09. The zero-order valence-electron chi connectivity index (χ0n) is 7.10. The van der Waals surface area contributed by atoms with Gasteiger partial charge in [0.15, 0.2) is 0 Å². The molecule has 0 amide bonds. The van der Waals surface area contributed by atoms with Crippen molar-refractivity contribution in [3.05, 3.63) is 0 Å². The molecule has 0 fully saturated rings. The highest BCUT2D eigenvalue weighted by molar-refractivity contribution is 5.56. The fourth-order valence-corrected chi connectivity index (χ4v) is 0.332. The van der Waals surface area contributed by atoms with E-state index in [4.69, 9.17) is 24.9 Å². The quantitative estimate of drug-likeness (QED) is 0.452. The largest absolute Gasteiger partial charge is 0.505 e. The summed E-state index contributed by atoms with van der Waals surface area (Å²) < 4.78 is 8.93. The van der Waals surface area contributed by atoms with E-state index >= 15 is 0 Å². The fraction of sp³-hybridized carbons (Fsp3) is 0.667. The SMILES string of the molecule is CCOCCOC(=O)O.O=C(O)O. The van der Waals surface area contributed by atoms with Gasteiger partial charge in [0.05, 0.1) is 6.61 Å². The summed E-state index contributed by atoms with van der Waals surface area (Å²) in [5.74, 6) is 0. The third-order valence-corrected chi connectivity index (χ3v) is 0.657. The molecule has 0 bridgehead atoms. The molecule has 0 aliphatic carbocycles. The average Bonchev–Trinajstić information content (AvgIpc) is 1.97. The first kappa shape index (κ1) is 14.0. The van der Waals surface area contributed by atoms with E-state index in [-0.39, 0.29) is 6.61 Å². The van der Waals surface area contributed by atoms with Crippen LogP contribution in [0.3, 0.4) is 0 Å². The van der Waals surface area contributed by atoms with Crippen LogP contribution in [0.2, 0.25) is 0 Å². The summed E-state index contributed by atoms with van der Waals surface area (Å²) in [5, 5.41) is 21.9. The number of carboxylic acid groups (broad SMARTS) is 3. The maximum absolute atomic E-state index is 9.68. The second-order valence-electron chi connectivity index (χ2n) is 1.59. The van der Waals surface area contributed by atoms with Crippen molar-refractivity contribution in [3.8, 4) is 0 Å². The zero-order chi connectivity index (χ0) is 10.7. The molecule has 13 heavy (non-hydrogen) atoms. The highest BCUT2D eigenvalue weighted by Gasteiger charge is 1.92. The lowest BCUT2D eigenvalue weighted by molar-refractivity contribution is 0.0515. The first-order valence-corrected chi connectivity index (χ1v) is 3.36. The molecule has 0 aliphatic rings. The van der Waals surface area contributed by atoms with Crippen LogP contribution in [0.25, 0.3) is 0 Å². The molecule has 3 N–H and O–H groups in total. The Balaban J connectivity index is 0. The highest BCUT2D eigenvalue weighted by Crippen LogP contribution is 1.77. The van der Waals surface area contributed by atoms with Gasteiger partial charge in [-0.15, -0.1) is 0 Å². The van der Waals surface area contributed by atoms with Crippen LogP contribution in [0.15, 0.2) is 0 Å². The van der Waals surface area contributed by atoms with E-state index < -0.39 is 12.3 Å². The minimum Gasteiger partial charge on any atom is -0.450 e. The molecule has 7 heteroatoms. The molecule has 7 nitrogen and oxygen atoms in total. The van der Waals surface area contributed by atoms with E-state index in [9.17, 15) is 4.79 Å². The van der Waals surface area contributed by atoms with Gasteiger partial charge < -0.3 is 24.8 Å². The smallest absolute Gasteiger partial charge is 0.450 e. The Morgan fingerprint density at radius 1 is 1.15 bits per heavy atom. The maximum atomic E-state index is 9.68. The summed E-state index contributed by atoms with van der Waals surface area (Å²) >= 11 is 0. The molecule has 0 aromatic heterocycles. The monoisotopic (exact) mass is 196 g/mol. The minimum atomic E-state index is -1.83. The van der Waals surface area contributed by atoms with Gasteiger partial charge in [0, 0.05) is 6.61 Å². The van der Waals surface area contributed by atoms with Crippen molar-refractivity contribution in [2.24, 2.45) is 0 Å². The Morgan fingerprint density at radius 3 is 1.92 bits per heavy atom. The summed E-state index contributed by atoms with van der Waals surface area (Å²) in [6.45, 7) is 2.87. The van der Waals surface area contributed by atoms with Crippen molar-refractivity contribution in [1.82, 2.24) is 0 Å². The molecule has 78 valence electrons. The highest BCUT2D eigenvalue weighted by atomic mass is 16.7. The van der Waals surface area contributed by atoms with E-state index in [1.165, 1.54) is 0 Å². The van der Waals surface area contributed by atoms with Crippen molar-refractivity contribution >= 4 is 12.3 Å². The Morgan fingerprint density at radius 2 is 1.62 bits per heavy atom. The summed E-state index contributed by atoms with van der Waals surface area (Å²) in [5.41, 5.74) is 0. The third-order valence-electron chi connectivity index (χ3n) is 0.657. The van der Waals surface area contributed by atoms with Crippen LogP contribution in [-0.4, -0.2) is 47.5 Å². The second-order valence-corrected chi connectivity index (χ2v) is 1.59. The predicted octanol–water partition coefficient (Wildman–Crippen LogP) is 0.940. The lowest BCUT2D eigenvalue weighted by Crippen LogP contribution is -2.07. The van der Waals surface area contributed by atoms with Crippen molar-refractivity contribution in [2.75, 3.05) is 19.8 Å². The van der Waals surface area contributed by atoms with Gasteiger partial charge in [-0.1, -0.05) is 0 Å². The van der Waals surface area contributed by atoms with E-state index in [1.54, 1.807) is 0 Å². The lowest BCUT2D eigenvalue weighted by atomic mass is 10.7. The van der Waals surface area contributed by atoms with E-state index in [0.717, 1.165) is 0 Å². The normalized spacial score (nSPS) is 8.08. The molecular formula is C6H12O7. The molecule has 0 rings (SSSR count). The van der Waals surface area contributed by atoms with E-state index in [1.807, 2.05) is 6.92 Å². The predicted molar refractivity (Wildman–Crippen MR) is 41.1 cm³/mol. The average molecular weight is 196 g/mol. The van der Waals surface area contributed by atoms with Crippen LogP contribution in [-0.2, 0) is 9.47 Å². The topological polar surface area (TPSA) is 113 Å². The molecule has 0 atom stereocenters. The van der Waals surface area contributed by atoms with Gasteiger partial charge >= 0.3 is 12.3 Å². The molecule has 0 heterocycles. The molecule has 0 unspecified atom stereocenters. The summed E-state index contributed by atoms with van der Waals surface area (Å²) in [6, 6.07) is 0. The third kappa shape index (κ3) is 37.5. The Kier molecular flexibility index (Phi) is 11.3. The van der Waals surface area contributed by atoms with Gasteiger partial charge in [0.1, 0.15) is 6.61 Å². The number of rotatable bonds is 4. The fourth-order valence-electron chi connectivity index (χ4n) is 0.332. The van der Waals surface area contributed by atoms with Crippen molar-refractivity contribution < 1.29 is 34.4 Å². The van der Waals surface area contributed by atoms with Gasteiger partial charge in [-0.05, 0) is 6.92 Å². The first-order valence-electron chi connectivity index (χ1n) is 3.36. The Bertz CT molecular complexity index is 140. The van der Waals surface area contributed by atoms with Gasteiger partial charge in [-0.3, -0.25) is 0 Å². The minimum absolute atomic E-state index is 0.114. The molecule has 0 aromatic carbocycles. The van der Waals surface area contributed by atoms with Crippen molar-refractivity contribution in [2.45, 2.75) is 6.92 Å². The molecule has 0 saturated heterocycles. The van der Waals surface area contributed by atoms with Crippen LogP contribution >= 0.6 is 0 Å². The van der Waals surface area contributed by atoms with E-state index in [2.05, 4.69) is 4.74 Å². The van der Waals surface area contributed by atoms with Crippen LogP contribution in [0.4, 0.5) is 9.59 Å². The van der Waals surface area contributed by atoms with Crippen LogP contribution in [0.5, 0.6) is 0 Å². The number of ether oxygens (including phenoxy) is 2. The van der Waals surface area contributed by atoms with Crippen molar-refractivity contribution in [3.63, 3.8) is 0 Å². The second kappa shape index (κ2) is 10.5. The molecule has 0 saturated carbocycles. The Labute approximate surface area is 74.5 Å². The molecular weight excluding hydrogens is 184 g/mol. The molecule has 0 aliphatic heterocycles. The Hall–Kier alpha value is -1.50. The van der Waals surface area contributed by atoms with Gasteiger partial charge in [0.25, 0.3) is 0 Å².